The first-order chi connectivity index (χ1) is 12.7. The average Bonchev–Trinajstić information content (AvgIpc) is 3.23. The molecule has 7 heteroatoms. The monoisotopic (exact) mass is 352 g/mol. The average molecular weight is 352 g/mol. The maximum absolute atomic E-state index is 12.1. The fourth-order valence-electron chi connectivity index (χ4n) is 2.83. The fourth-order valence-corrected chi connectivity index (χ4v) is 2.83. The molecule has 1 saturated carbocycles. The van der Waals surface area contributed by atoms with Crippen molar-refractivity contribution in [3.63, 3.8) is 0 Å². The molecule has 26 heavy (non-hydrogen) atoms. The van der Waals surface area contributed by atoms with Crippen LogP contribution in [0.4, 0.5) is 5.69 Å². The predicted octanol–water partition coefficient (Wildman–Crippen LogP) is 3.66. The van der Waals surface area contributed by atoms with Gasteiger partial charge in [0.05, 0.1) is 18.6 Å². The van der Waals surface area contributed by atoms with E-state index >= 15 is 0 Å². The van der Waals surface area contributed by atoms with Crippen LogP contribution in [0.1, 0.15) is 26.2 Å². The van der Waals surface area contributed by atoms with Gasteiger partial charge in [-0.1, -0.05) is 6.42 Å². The van der Waals surface area contributed by atoms with Crippen molar-refractivity contribution in [1.82, 2.24) is 14.8 Å². The smallest absolute Gasteiger partial charge is 0.336 e. The van der Waals surface area contributed by atoms with Crippen LogP contribution in [0, 0.1) is 5.92 Å². The molecule has 1 fully saturated rings. The Hall–Kier alpha value is -3.09. The van der Waals surface area contributed by atoms with Crippen molar-refractivity contribution in [3.05, 3.63) is 42.7 Å². The molecule has 0 unspecified atom stereocenters. The summed E-state index contributed by atoms with van der Waals surface area (Å²) >= 11 is 0. The topological polar surface area (TPSA) is 82.2 Å². The van der Waals surface area contributed by atoms with Gasteiger partial charge in [0, 0.05) is 11.6 Å². The van der Waals surface area contributed by atoms with Gasteiger partial charge in [-0.15, -0.1) is 5.10 Å². The number of nitrogens with zero attached hydrogens (tertiary/aromatic N) is 3. The van der Waals surface area contributed by atoms with E-state index in [0.717, 1.165) is 30.6 Å². The van der Waals surface area contributed by atoms with Crippen LogP contribution < -0.4 is 10.1 Å². The van der Waals surface area contributed by atoms with Crippen molar-refractivity contribution < 1.29 is 13.9 Å². The summed E-state index contributed by atoms with van der Waals surface area (Å²) in [4.78, 5) is 16.5. The van der Waals surface area contributed by atoms with Gasteiger partial charge in [-0.25, -0.2) is 4.68 Å². The van der Waals surface area contributed by atoms with E-state index in [1.54, 1.807) is 17.0 Å². The third-order valence-corrected chi connectivity index (χ3v) is 4.46. The van der Waals surface area contributed by atoms with E-state index in [1.807, 2.05) is 37.3 Å². The highest BCUT2D eigenvalue weighted by Gasteiger charge is 2.25. The van der Waals surface area contributed by atoms with Gasteiger partial charge in [-0.05, 0) is 56.2 Å². The summed E-state index contributed by atoms with van der Waals surface area (Å²) in [6, 6.07) is 11.4. The summed E-state index contributed by atoms with van der Waals surface area (Å²) in [6.45, 7) is 2.36. The maximum Gasteiger partial charge on any atom is 0.336 e. The standard InChI is InChI=1S/C19H20N4O3/c1-2-25-19-21-17(16-7-4-12-26-16)23(22-19)15-10-8-14(9-11-15)20-18(24)13-5-3-6-13/h4,7-13H,2-3,5-6H2,1H3,(H,20,24). The minimum Gasteiger partial charge on any atom is -0.463 e. The molecule has 1 aromatic carbocycles. The lowest BCUT2D eigenvalue weighted by molar-refractivity contribution is -0.122. The number of hydrogen-bond acceptors (Lipinski definition) is 5. The van der Waals surface area contributed by atoms with Crippen molar-refractivity contribution in [2.24, 2.45) is 5.92 Å². The van der Waals surface area contributed by atoms with E-state index in [1.165, 1.54) is 0 Å². The number of carbonyl (C=O) groups is 1. The number of carbonyl (C=O) groups excluding carboxylic acids is 1. The Balaban J connectivity index is 1.59. The first-order valence-electron chi connectivity index (χ1n) is 8.79. The van der Waals surface area contributed by atoms with Crippen LogP contribution in [0.15, 0.2) is 47.1 Å². The molecule has 0 saturated heterocycles. The predicted molar refractivity (Wildman–Crippen MR) is 96.2 cm³/mol. The van der Waals surface area contributed by atoms with E-state index in [4.69, 9.17) is 9.15 Å². The van der Waals surface area contributed by atoms with E-state index in [-0.39, 0.29) is 11.8 Å². The van der Waals surface area contributed by atoms with Crippen molar-refractivity contribution in [1.29, 1.82) is 0 Å². The van der Waals surface area contributed by atoms with Crippen molar-refractivity contribution >= 4 is 11.6 Å². The van der Waals surface area contributed by atoms with Crippen molar-refractivity contribution in [2.45, 2.75) is 26.2 Å². The molecule has 0 spiro atoms. The first-order valence-corrected chi connectivity index (χ1v) is 8.79. The van der Waals surface area contributed by atoms with Gasteiger partial charge >= 0.3 is 6.01 Å². The third kappa shape index (κ3) is 3.20. The second kappa shape index (κ2) is 7.03. The normalized spacial score (nSPS) is 14.0. The summed E-state index contributed by atoms with van der Waals surface area (Å²) in [5.74, 6) is 1.42. The molecule has 2 aromatic heterocycles. The molecule has 7 nitrogen and oxygen atoms in total. The fraction of sp³-hybridized carbons (Fsp3) is 0.316. The van der Waals surface area contributed by atoms with Crippen LogP contribution in [0.3, 0.4) is 0 Å². The number of anilines is 1. The van der Waals surface area contributed by atoms with E-state index in [0.29, 0.717) is 24.2 Å². The summed E-state index contributed by atoms with van der Waals surface area (Å²) in [5.41, 5.74) is 1.58. The largest absolute Gasteiger partial charge is 0.463 e. The number of benzene rings is 1. The summed E-state index contributed by atoms with van der Waals surface area (Å²) in [5, 5.41) is 7.37. The molecular weight excluding hydrogens is 332 g/mol. The quantitative estimate of drug-likeness (QED) is 0.732. The van der Waals surface area contributed by atoms with Crippen LogP contribution in [0.25, 0.3) is 17.3 Å². The van der Waals surface area contributed by atoms with Gasteiger partial charge in [-0.2, -0.15) is 4.98 Å². The van der Waals surface area contributed by atoms with Crippen LogP contribution >= 0.6 is 0 Å². The van der Waals surface area contributed by atoms with Crippen LogP contribution in [0.2, 0.25) is 0 Å². The summed E-state index contributed by atoms with van der Waals surface area (Å²) < 4.78 is 12.6. The number of furan rings is 1. The van der Waals surface area contributed by atoms with Crippen molar-refractivity contribution in [3.8, 4) is 23.3 Å². The summed E-state index contributed by atoms with van der Waals surface area (Å²) in [7, 11) is 0. The molecule has 1 aliphatic rings. The molecular formula is C19H20N4O3. The van der Waals surface area contributed by atoms with E-state index in [9.17, 15) is 4.79 Å². The Labute approximate surface area is 151 Å². The number of amides is 1. The molecule has 0 aliphatic heterocycles. The lowest BCUT2D eigenvalue weighted by Crippen LogP contribution is -2.27. The van der Waals surface area contributed by atoms with Gasteiger partial charge in [-0.3, -0.25) is 4.79 Å². The zero-order valence-corrected chi connectivity index (χ0v) is 14.5. The lowest BCUT2D eigenvalue weighted by atomic mass is 9.85. The highest BCUT2D eigenvalue weighted by molar-refractivity contribution is 5.93. The minimum atomic E-state index is 0.0969. The van der Waals surface area contributed by atoms with Crippen LogP contribution in [-0.4, -0.2) is 27.3 Å². The van der Waals surface area contributed by atoms with Crippen LogP contribution in [0.5, 0.6) is 6.01 Å². The van der Waals surface area contributed by atoms with Gasteiger partial charge < -0.3 is 14.5 Å². The molecule has 0 atom stereocenters. The molecule has 134 valence electrons. The zero-order chi connectivity index (χ0) is 17.9. The molecule has 1 aliphatic carbocycles. The molecule has 1 N–H and O–H groups in total. The number of nitrogens with one attached hydrogen (secondary N) is 1. The van der Waals surface area contributed by atoms with E-state index in [2.05, 4.69) is 15.4 Å². The molecule has 1 amide bonds. The molecule has 0 radical (unpaired) electrons. The number of hydrogen-bond donors (Lipinski definition) is 1. The Morgan fingerprint density at radius 3 is 2.73 bits per heavy atom. The highest BCUT2D eigenvalue weighted by atomic mass is 16.5. The van der Waals surface area contributed by atoms with Gasteiger partial charge in [0.1, 0.15) is 0 Å². The number of ether oxygens (including phenoxy) is 1. The third-order valence-electron chi connectivity index (χ3n) is 4.46. The Kier molecular flexibility index (Phi) is 4.43. The van der Waals surface area contributed by atoms with E-state index < -0.39 is 0 Å². The molecule has 0 bridgehead atoms. The van der Waals surface area contributed by atoms with Gasteiger partial charge in [0.2, 0.25) is 11.7 Å². The Bertz CT molecular complexity index is 880. The van der Waals surface area contributed by atoms with Crippen LogP contribution in [-0.2, 0) is 4.79 Å². The molecule has 4 rings (SSSR count). The SMILES string of the molecule is CCOc1nc(-c2ccco2)n(-c2ccc(NC(=O)C3CCC3)cc2)n1. The zero-order valence-electron chi connectivity index (χ0n) is 14.5. The first kappa shape index (κ1) is 16.4. The minimum absolute atomic E-state index is 0.0969. The number of aromatic nitrogens is 3. The Morgan fingerprint density at radius 1 is 1.31 bits per heavy atom. The number of rotatable bonds is 6. The van der Waals surface area contributed by atoms with Gasteiger partial charge in [0.25, 0.3) is 0 Å². The van der Waals surface area contributed by atoms with Crippen molar-refractivity contribution in [2.75, 3.05) is 11.9 Å². The second-order valence-electron chi connectivity index (χ2n) is 6.20. The van der Waals surface area contributed by atoms with Gasteiger partial charge in [0.15, 0.2) is 5.76 Å². The Morgan fingerprint density at radius 2 is 2.12 bits per heavy atom. The highest BCUT2D eigenvalue weighted by Crippen LogP contribution is 2.28. The molecule has 3 aromatic rings. The maximum atomic E-state index is 12.1. The lowest BCUT2D eigenvalue weighted by Gasteiger charge is -2.24. The summed E-state index contributed by atoms with van der Waals surface area (Å²) in [6.07, 6.45) is 4.69. The molecule has 2 heterocycles. The second-order valence-corrected chi connectivity index (χ2v) is 6.20.